The number of rotatable bonds is 5. The number of nitrogens with zero attached hydrogens (tertiary/aromatic N) is 1. The van der Waals surface area contributed by atoms with Gasteiger partial charge >= 0.3 is 0 Å². The van der Waals surface area contributed by atoms with Crippen molar-refractivity contribution in [3.63, 3.8) is 0 Å². The molecule has 0 N–H and O–H groups in total. The van der Waals surface area contributed by atoms with Crippen LogP contribution >= 0.6 is 15.9 Å². The van der Waals surface area contributed by atoms with E-state index in [1.807, 2.05) is 42.5 Å². The molecule has 0 amide bonds. The number of hydrogen-bond acceptors (Lipinski definition) is 2. The van der Waals surface area contributed by atoms with E-state index >= 15 is 0 Å². The summed E-state index contributed by atoms with van der Waals surface area (Å²) in [6.07, 6.45) is 0. The molecule has 0 fully saturated rings. The summed E-state index contributed by atoms with van der Waals surface area (Å²) < 4.78 is 6.61. The molecular weight excluding hydrogens is 326 g/mol. The normalized spacial score (nSPS) is 9.62. The van der Waals surface area contributed by atoms with E-state index in [0.29, 0.717) is 13.2 Å². The predicted octanol–water partition coefficient (Wildman–Crippen LogP) is 4.36. The second kappa shape index (κ2) is 8.39. The molecule has 0 atom stereocenters. The van der Waals surface area contributed by atoms with Crippen molar-refractivity contribution in [1.29, 1.82) is 0 Å². The van der Waals surface area contributed by atoms with Crippen LogP contribution in [0.15, 0.2) is 59.1 Å². The van der Waals surface area contributed by atoms with Gasteiger partial charge in [0.2, 0.25) is 0 Å². The van der Waals surface area contributed by atoms with Gasteiger partial charge in [-0.1, -0.05) is 46.0 Å². The van der Waals surface area contributed by atoms with E-state index in [9.17, 15) is 0 Å². The van der Waals surface area contributed by atoms with Gasteiger partial charge in [0.05, 0.1) is 6.54 Å². The van der Waals surface area contributed by atoms with Crippen molar-refractivity contribution >= 4 is 21.6 Å². The third-order valence-corrected chi connectivity index (χ3v) is 3.55. The number of ether oxygens (including phenoxy) is 1. The van der Waals surface area contributed by atoms with Crippen LogP contribution in [0.3, 0.4) is 0 Å². The summed E-state index contributed by atoms with van der Waals surface area (Å²) in [7, 11) is 0. The molecule has 0 aliphatic rings. The Morgan fingerprint density at radius 3 is 2.38 bits per heavy atom. The Balaban J connectivity index is 1.81. The van der Waals surface area contributed by atoms with Crippen molar-refractivity contribution in [2.45, 2.75) is 6.92 Å². The van der Waals surface area contributed by atoms with Gasteiger partial charge in [-0.3, -0.25) is 0 Å². The molecule has 0 aromatic heterocycles. The van der Waals surface area contributed by atoms with Crippen LogP contribution in [-0.2, 0) is 0 Å². The predicted molar refractivity (Wildman–Crippen MR) is 91.7 cm³/mol. The summed E-state index contributed by atoms with van der Waals surface area (Å²) in [4.78, 5) is 2.23. The summed E-state index contributed by atoms with van der Waals surface area (Å²) >= 11 is 3.40. The largest absolute Gasteiger partial charge is 0.481 e. The fraction of sp³-hybridized carbons (Fsp3) is 0.222. The van der Waals surface area contributed by atoms with Gasteiger partial charge in [-0.15, -0.1) is 0 Å². The molecule has 0 saturated heterocycles. The first-order chi connectivity index (χ1) is 10.3. The topological polar surface area (TPSA) is 12.5 Å². The van der Waals surface area contributed by atoms with E-state index in [1.54, 1.807) is 0 Å². The van der Waals surface area contributed by atoms with E-state index in [2.05, 4.69) is 51.7 Å². The SMILES string of the molecule is CCN(CC#CCOc1ccc(Br)cc1)c1ccccc1. The molecule has 0 bridgehead atoms. The van der Waals surface area contributed by atoms with Gasteiger partial charge in [0.25, 0.3) is 0 Å². The second-order valence-corrected chi connectivity index (χ2v) is 5.36. The fourth-order valence-corrected chi connectivity index (χ4v) is 2.14. The number of hydrogen-bond donors (Lipinski definition) is 0. The molecular formula is C18H18BrNO. The lowest BCUT2D eigenvalue weighted by Crippen LogP contribution is -2.22. The Hall–Kier alpha value is -1.92. The van der Waals surface area contributed by atoms with Crippen molar-refractivity contribution in [3.05, 3.63) is 59.1 Å². The summed E-state index contributed by atoms with van der Waals surface area (Å²) in [5.74, 6) is 7.05. The molecule has 2 nitrogen and oxygen atoms in total. The molecule has 3 heteroatoms. The van der Waals surface area contributed by atoms with Gasteiger partial charge < -0.3 is 9.64 Å². The second-order valence-electron chi connectivity index (χ2n) is 4.45. The van der Waals surface area contributed by atoms with Gasteiger partial charge in [-0.05, 0) is 43.3 Å². The molecule has 0 spiro atoms. The minimum absolute atomic E-state index is 0.411. The Kier molecular flexibility index (Phi) is 6.18. The van der Waals surface area contributed by atoms with Crippen LogP contribution in [0.5, 0.6) is 5.75 Å². The van der Waals surface area contributed by atoms with Gasteiger partial charge in [0, 0.05) is 16.7 Å². The van der Waals surface area contributed by atoms with E-state index < -0.39 is 0 Å². The Morgan fingerprint density at radius 2 is 1.71 bits per heavy atom. The van der Waals surface area contributed by atoms with E-state index in [-0.39, 0.29) is 0 Å². The van der Waals surface area contributed by atoms with Crippen molar-refractivity contribution in [1.82, 2.24) is 0 Å². The van der Waals surface area contributed by atoms with E-state index in [1.165, 1.54) is 5.69 Å². The number of para-hydroxylation sites is 1. The van der Waals surface area contributed by atoms with Crippen molar-refractivity contribution in [2.24, 2.45) is 0 Å². The summed E-state index contributed by atoms with van der Waals surface area (Å²) in [6.45, 7) is 4.19. The maximum Gasteiger partial charge on any atom is 0.149 e. The van der Waals surface area contributed by atoms with E-state index in [0.717, 1.165) is 16.8 Å². The maximum absolute atomic E-state index is 5.57. The minimum Gasteiger partial charge on any atom is -0.481 e. The van der Waals surface area contributed by atoms with Crippen molar-refractivity contribution in [3.8, 4) is 17.6 Å². The molecule has 2 aromatic rings. The van der Waals surface area contributed by atoms with Gasteiger partial charge in [0.1, 0.15) is 12.4 Å². The number of benzene rings is 2. The first-order valence-electron chi connectivity index (χ1n) is 6.93. The molecule has 0 saturated carbocycles. The highest BCUT2D eigenvalue weighted by molar-refractivity contribution is 9.10. The standard InChI is InChI=1S/C18H18BrNO/c1-2-20(17-8-4-3-5-9-17)14-6-7-15-21-18-12-10-16(19)11-13-18/h3-5,8-13H,2,14-15H2,1H3. The third kappa shape index (κ3) is 5.17. The highest BCUT2D eigenvalue weighted by Gasteiger charge is 1.99. The monoisotopic (exact) mass is 343 g/mol. The molecule has 21 heavy (non-hydrogen) atoms. The zero-order chi connectivity index (χ0) is 14.9. The molecule has 0 heterocycles. The van der Waals surface area contributed by atoms with Crippen LogP contribution in [0.25, 0.3) is 0 Å². The summed E-state index contributed by atoms with van der Waals surface area (Å²) in [5.41, 5.74) is 1.20. The van der Waals surface area contributed by atoms with Gasteiger partial charge in [-0.25, -0.2) is 0 Å². The quantitative estimate of drug-likeness (QED) is 0.748. The average Bonchev–Trinajstić information content (AvgIpc) is 2.53. The van der Waals surface area contributed by atoms with Crippen LogP contribution < -0.4 is 9.64 Å². The Labute approximate surface area is 134 Å². The molecule has 0 aliphatic heterocycles. The molecule has 0 radical (unpaired) electrons. The Bertz CT molecular complexity index is 599. The summed E-state index contributed by atoms with van der Waals surface area (Å²) in [6, 6.07) is 18.1. The number of halogens is 1. The lowest BCUT2D eigenvalue weighted by Gasteiger charge is -2.19. The first kappa shape index (κ1) is 15.5. The van der Waals surface area contributed by atoms with Crippen molar-refractivity contribution < 1.29 is 4.74 Å². The lowest BCUT2D eigenvalue weighted by atomic mass is 10.3. The van der Waals surface area contributed by atoms with Crippen molar-refractivity contribution in [2.75, 3.05) is 24.6 Å². The van der Waals surface area contributed by atoms with Crippen LogP contribution in [-0.4, -0.2) is 19.7 Å². The van der Waals surface area contributed by atoms with Gasteiger partial charge in [-0.2, -0.15) is 0 Å². The number of anilines is 1. The molecule has 2 aromatic carbocycles. The van der Waals surface area contributed by atoms with Gasteiger partial charge in [0.15, 0.2) is 0 Å². The highest BCUT2D eigenvalue weighted by atomic mass is 79.9. The Morgan fingerprint density at radius 1 is 1.00 bits per heavy atom. The summed E-state index contributed by atoms with van der Waals surface area (Å²) in [5, 5.41) is 0. The molecule has 0 aliphatic carbocycles. The third-order valence-electron chi connectivity index (χ3n) is 3.02. The lowest BCUT2D eigenvalue weighted by molar-refractivity contribution is 0.370. The molecule has 0 unspecified atom stereocenters. The maximum atomic E-state index is 5.57. The van der Waals surface area contributed by atoms with Crippen LogP contribution in [0, 0.1) is 11.8 Å². The minimum atomic E-state index is 0.411. The fourth-order valence-electron chi connectivity index (χ4n) is 1.88. The highest BCUT2D eigenvalue weighted by Crippen LogP contribution is 2.15. The van der Waals surface area contributed by atoms with Crippen LogP contribution in [0.4, 0.5) is 5.69 Å². The van der Waals surface area contributed by atoms with Crippen LogP contribution in [0.2, 0.25) is 0 Å². The van der Waals surface area contributed by atoms with Crippen LogP contribution in [0.1, 0.15) is 6.92 Å². The average molecular weight is 344 g/mol. The van der Waals surface area contributed by atoms with E-state index in [4.69, 9.17) is 4.74 Å². The molecule has 2 rings (SSSR count). The zero-order valence-corrected chi connectivity index (χ0v) is 13.6. The smallest absolute Gasteiger partial charge is 0.149 e. The first-order valence-corrected chi connectivity index (χ1v) is 7.73. The molecule has 108 valence electrons. The zero-order valence-electron chi connectivity index (χ0n) is 12.1.